The van der Waals surface area contributed by atoms with E-state index in [4.69, 9.17) is 4.74 Å². The number of likely N-dealkylation sites (N-methyl/N-ethyl adjacent to an activating group) is 1. The van der Waals surface area contributed by atoms with Gasteiger partial charge in [-0.25, -0.2) is 0 Å². The van der Waals surface area contributed by atoms with Crippen LogP contribution in [0.3, 0.4) is 0 Å². The fourth-order valence-electron chi connectivity index (χ4n) is 3.80. The second-order valence-corrected chi connectivity index (χ2v) is 5.94. The van der Waals surface area contributed by atoms with Crippen LogP contribution in [0.15, 0.2) is 30.3 Å². The smallest absolute Gasteiger partial charge is 0.310 e. The van der Waals surface area contributed by atoms with Crippen LogP contribution in [0.25, 0.3) is 0 Å². The number of nitrogens with zero attached hydrogens (tertiary/aromatic N) is 1. The first-order chi connectivity index (χ1) is 10.1. The number of carbonyl (C=O) groups is 2. The van der Waals surface area contributed by atoms with E-state index in [-0.39, 0.29) is 35.7 Å². The van der Waals surface area contributed by atoms with Gasteiger partial charge in [-0.3, -0.25) is 14.5 Å². The van der Waals surface area contributed by atoms with Crippen LogP contribution in [0.5, 0.6) is 0 Å². The third kappa shape index (κ3) is 2.38. The van der Waals surface area contributed by atoms with Crippen molar-refractivity contribution in [1.82, 2.24) is 4.90 Å². The van der Waals surface area contributed by atoms with Crippen LogP contribution >= 0.6 is 0 Å². The molecule has 4 atom stereocenters. The van der Waals surface area contributed by atoms with Gasteiger partial charge in [0.15, 0.2) is 5.78 Å². The normalized spacial score (nSPS) is 32.2. The monoisotopic (exact) mass is 287 g/mol. The number of hydrogen-bond donors (Lipinski definition) is 0. The van der Waals surface area contributed by atoms with Gasteiger partial charge in [-0.1, -0.05) is 30.3 Å². The average Bonchev–Trinajstić information content (AvgIpc) is 2.72. The Balaban J connectivity index is 1.86. The Morgan fingerprint density at radius 3 is 2.67 bits per heavy atom. The van der Waals surface area contributed by atoms with Crippen LogP contribution < -0.4 is 0 Å². The van der Waals surface area contributed by atoms with Crippen molar-refractivity contribution in [3.8, 4) is 0 Å². The van der Waals surface area contributed by atoms with Crippen molar-refractivity contribution in [2.75, 3.05) is 13.7 Å². The summed E-state index contributed by atoms with van der Waals surface area (Å²) in [5, 5.41) is 0. The molecule has 2 saturated heterocycles. The van der Waals surface area contributed by atoms with Gasteiger partial charge in [0.05, 0.1) is 18.6 Å². The van der Waals surface area contributed by atoms with Crippen molar-refractivity contribution in [3.05, 3.63) is 35.9 Å². The molecule has 2 aliphatic rings. The SMILES string of the molecule is CCOC(=O)[C@H]1C[C@@H]2C(=O)C(c3ccccc3)C[C@H]1N2C. The number of hydrogen-bond acceptors (Lipinski definition) is 4. The summed E-state index contributed by atoms with van der Waals surface area (Å²) >= 11 is 0. The first kappa shape index (κ1) is 14.3. The third-order valence-electron chi connectivity index (χ3n) is 4.90. The zero-order chi connectivity index (χ0) is 15.0. The number of ether oxygens (including phenoxy) is 1. The Hall–Kier alpha value is -1.68. The summed E-state index contributed by atoms with van der Waals surface area (Å²) in [5.74, 6) is -0.167. The number of Topliss-reactive ketones (excluding diaryl/α,β-unsaturated/α-hetero) is 1. The maximum absolute atomic E-state index is 12.7. The van der Waals surface area contributed by atoms with E-state index in [1.165, 1.54) is 0 Å². The van der Waals surface area contributed by atoms with E-state index >= 15 is 0 Å². The molecule has 0 spiro atoms. The number of benzene rings is 1. The number of fused-ring (bicyclic) bond motifs is 2. The number of carbonyl (C=O) groups excluding carboxylic acids is 2. The topological polar surface area (TPSA) is 46.6 Å². The van der Waals surface area contributed by atoms with Crippen molar-refractivity contribution >= 4 is 11.8 Å². The molecule has 1 unspecified atom stereocenters. The highest BCUT2D eigenvalue weighted by Gasteiger charge is 2.52. The lowest BCUT2D eigenvalue weighted by molar-refractivity contribution is -0.149. The van der Waals surface area contributed by atoms with Gasteiger partial charge in [-0.05, 0) is 32.4 Å². The minimum atomic E-state index is -0.169. The van der Waals surface area contributed by atoms with Crippen LogP contribution in [0.2, 0.25) is 0 Å². The Morgan fingerprint density at radius 2 is 2.00 bits per heavy atom. The van der Waals surface area contributed by atoms with Gasteiger partial charge in [0, 0.05) is 12.0 Å². The largest absolute Gasteiger partial charge is 0.466 e. The van der Waals surface area contributed by atoms with Crippen molar-refractivity contribution in [2.45, 2.75) is 37.8 Å². The molecule has 2 fully saturated rings. The third-order valence-corrected chi connectivity index (χ3v) is 4.90. The minimum Gasteiger partial charge on any atom is -0.466 e. The molecule has 2 aliphatic heterocycles. The predicted octanol–water partition coefficient (Wildman–Crippen LogP) is 2.00. The van der Waals surface area contributed by atoms with Crippen LogP contribution in [0, 0.1) is 5.92 Å². The molecule has 1 aromatic rings. The maximum atomic E-state index is 12.7. The molecule has 21 heavy (non-hydrogen) atoms. The van der Waals surface area contributed by atoms with Crippen LogP contribution in [-0.2, 0) is 14.3 Å². The Labute approximate surface area is 125 Å². The quantitative estimate of drug-likeness (QED) is 0.798. The Bertz CT molecular complexity index is 542. The van der Waals surface area contributed by atoms with Crippen LogP contribution in [0.4, 0.5) is 0 Å². The second kappa shape index (κ2) is 5.60. The molecular weight excluding hydrogens is 266 g/mol. The second-order valence-electron chi connectivity index (χ2n) is 5.94. The molecular formula is C17H21NO3. The predicted molar refractivity (Wildman–Crippen MR) is 78.9 cm³/mol. The average molecular weight is 287 g/mol. The number of ketones is 1. The van der Waals surface area contributed by atoms with Gasteiger partial charge >= 0.3 is 5.97 Å². The Kier molecular flexibility index (Phi) is 3.81. The molecule has 0 aromatic heterocycles. The molecule has 1 aromatic carbocycles. The highest BCUT2D eigenvalue weighted by molar-refractivity contribution is 5.93. The highest BCUT2D eigenvalue weighted by Crippen LogP contribution is 2.43. The summed E-state index contributed by atoms with van der Waals surface area (Å²) in [6.07, 6.45) is 1.31. The summed E-state index contributed by atoms with van der Waals surface area (Å²) < 4.78 is 5.18. The number of esters is 1. The fourth-order valence-corrected chi connectivity index (χ4v) is 3.80. The molecule has 4 heteroatoms. The van der Waals surface area contributed by atoms with E-state index in [1.807, 2.05) is 44.3 Å². The van der Waals surface area contributed by atoms with Gasteiger partial charge in [0.2, 0.25) is 0 Å². The zero-order valence-electron chi connectivity index (χ0n) is 12.5. The van der Waals surface area contributed by atoms with Gasteiger partial charge in [0.25, 0.3) is 0 Å². The molecule has 0 radical (unpaired) electrons. The Morgan fingerprint density at radius 1 is 1.29 bits per heavy atom. The number of piperidine rings is 1. The van der Waals surface area contributed by atoms with E-state index in [9.17, 15) is 9.59 Å². The maximum Gasteiger partial charge on any atom is 0.310 e. The van der Waals surface area contributed by atoms with Gasteiger partial charge in [-0.2, -0.15) is 0 Å². The first-order valence-electron chi connectivity index (χ1n) is 7.60. The number of rotatable bonds is 3. The minimum absolute atomic E-state index is 0.0863. The molecule has 0 N–H and O–H groups in total. The van der Waals surface area contributed by atoms with E-state index in [0.717, 1.165) is 5.56 Å². The lowest BCUT2D eigenvalue weighted by Gasteiger charge is -2.36. The standard InChI is InChI=1S/C17H21NO3/c1-3-21-17(20)13-10-15-16(19)12(9-14(13)18(15)2)11-7-5-4-6-8-11/h4-8,12-15H,3,9-10H2,1-2H3/t12?,13-,14+,15+/m0/s1. The van der Waals surface area contributed by atoms with Crippen molar-refractivity contribution in [2.24, 2.45) is 5.92 Å². The molecule has 3 rings (SSSR count). The molecule has 112 valence electrons. The van der Waals surface area contributed by atoms with E-state index in [2.05, 4.69) is 4.90 Å². The van der Waals surface area contributed by atoms with Crippen molar-refractivity contribution in [3.63, 3.8) is 0 Å². The van der Waals surface area contributed by atoms with Gasteiger partial charge in [-0.15, -0.1) is 0 Å². The summed E-state index contributed by atoms with van der Waals surface area (Å²) in [5.41, 5.74) is 1.06. The highest BCUT2D eigenvalue weighted by atomic mass is 16.5. The molecule has 2 heterocycles. The lowest BCUT2D eigenvalue weighted by atomic mass is 9.83. The molecule has 0 aliphatic carbocycles. The van der Waals surface area contributed by atoms with Crippen LogP contribution in [0.1, 0.15) is 31.2 Å². The molecule has 4 nitrogen and oxygen atoms in total. The van der Waals surface area contributed by atoms with Crippen molar-refractivity contribution < 1.29 is 14.3 Å². The summed E-state index contributed by atoms with van der Waals surface area (Å²) in [6.45, 7) is 2.22. The summed E-state index contributed by atoms with van der Waals surface area (Å²) in [7, 11) is 1.95. The molecule has 0 saturated carbocycles. The van der Waals surface area contributed by atoms with E-state index in [1.54, 1.807) is 0 Å². The summed E-state index contributed by atoms with van der Waals surface area (Å²) in [6, 6.07) is 9.86. The van der Waals surface area contributed by atoms with Gasteiger partial charge in [0.1, 0.15) is 0 Å². The summed E-state index contributed by atoms with van der Waals surface area (Å²) in [4.78, 5) is 26.9. The van der Waals surface area contributed by atoms with Crippen LogP contribution in [-0.4, -0.2) is 42.4 Å². The van der Waals surface area contributed by atoms with E-state index in [0.29, 0.717) is 19.4 Å². The fraction of sp³-hybridized carbons (Fsp3) is 0.529. The van der Waals surface area contributed by atoms with Crippen molar-refractivity contribution in [1.29, 1.82) is 0 Å². The molecule has 0 amide bonds. The zero-order valence-corrected chi connectivity index (χ0v) is 12.5. The van der Waals surface area contributed by atoms with E-state index < -0.39 is 0 Å². The first-order valence-corrected chi connectivity index (χ1v) is 7.60. The molecule has 2 bridgehead atoms. The lowest BCUT2D eigenvalue weighted by Crippen LogP contribution is -2.47. The van der Waals surface area contributed by atoms with Gasteiger partial charge < -0.3 is 4.74 Å².